The number of amides is 2. The van der Waals surface area contributed by atoms with E-state index in [9.17, 15) is 9.59 Å². The molecule has 8 heteroatoms. The summed E-state index contributed by atoms with van der Waals surface area (Å²) in [6, 6.07) is 0.273. The third-order valence-corrected chi connectivity index (χ3v) is 6.64. The van der Waals surface area contributed by atoms with Gasteiger partial charge < -0.3 is 20.4 Å². The number of carbonyl (C=O) groups is 2. The molecule has 0 aromatic heterocycles. The van der Waals surface area contributed by atoms with Crippen LogP contribution in [0.5, 0.6) is 0 Å². The number of nitrogens with zero attached hydrogens (tertiary/aromatic N) is 4. The van der Waals surface area contributed by atoms with E-state index in [0.29, 0.717) is 5.91 Å². The second-order valence-corrected chi connectivity index (χ2v) is 8.86. The molecule has 2 amide bonds. The average Bonchev–Trinajstić information content (AvgIpc) is 3.23. The molecule has 170 valence electrons. The topological polar surface area (TPSA) is 80.3 Å². The minimum absolute atomic E-state index is 0.166. The van der Waals surface area contributed by atoms with Crippen LogP contribution in [0, 0.1) is 5.92 Å². The summed E-state index contributed by atoms with van der Waals surface area (Å²) >= 11 is 0. The smallest absolute Gasteiger partial charge is 0.225 e. The normalized spacial score (nSPS) is 24.2. The van der Waals surface area contributed by atoms with Crippen LogP contribution in [0.15, 0.2) is 4.99 Å². The van der Waals surface area contributed by atoms with Gasteiger partial charge in [-0.25, -0.2) is 0 Å². The van der Waals surface area contributed by atoms with Crippen LogP contribution in [0.3, 0.4) is 0 Å². The first-order valence-electron chi connectivity index (χ1n) is 11.9. The molecule has 2 aliphatic heterocycles. The summed E-state index contributed by atoms with van der Waals surface area (Å²) in [5, 5.41) is 6.88. The highest BCUT2D eigenvalue weighted by atomic mass is 16.2. The van der Waals surface area contributed by atoms with Gasteiger partial charge in [0.2, 0.25) is 11.8 Å². The first-order valence-corrected chi connectivity index (χ1v) is 11.9. The molecule has 1 unspecified atom stereocenters. The van der Waals surface area contributed by atoms with Crippen molar-refractivity contribution in [3.8, 4) is 0 Å². The lowest BCUT2D eigenvalue weighted by Gasteiger charge is -2.33. The Morgan fingerprint density at radius 3 is 2.37 bits per heavy atom. The van der Waals surface area contributed by atoms with Crippen molar-refractivity contribution in [2.45, 2.75) is 58.4 Å². The first kappa shape index (κ1) is 22.8. The molecule has 2 saturated heterocycles. The number of hydrogen-bond donors (Lipinski definition) is 2. The van der Waals surface area contributed by atoms with Crippen molar-refractivity contribution >= 4 is 17.8 Å². The van der Waals surface area contributed by atoms with Crippen LogP contribution >= 0.6 is 0 Å². The van der Waals surface area contributed by atoms with E-state index in [-0.39, 0.29) is 17.9 Å². The van der Waals surface area contributed by atoms with Gasteiger partial charge in [-0.05, 0) is 26.2 Å². The van der Waals surface area contributed by atoms with Gasteiger partial charge in [0.05, 0.1) is 6.54 Å². The van der Waals surface area contributed by atoms with Crippen LogP contribution in [0.25, 0.3) is 0 Å². The number of aliphatic imine (C=N–C) groups is 1. The average molecular weight is 421 g/mol. The molecule has 3 aliphatic rings. The number of carbonyl (C=O) groups excluding carboxylic acids is 2. The molecule has 3 fully saturated rings. The zero-order valence-corrected chi connectivity index (χ0v) is 18.9. The SMILES string of the molecule is CCNC(=NCCN1CCN(C(C)=O)CC1)NC1CCN(C(=O)C2CCCCC2)C1. The molecule has 1 atom stereocenters. The molecule has 3 rings (SSSR count). The molecule has 0 radical (unpaired) electrons. The third kappa shape index (κ3) is 6.59. The minimum atomic E-state index is 0.166. The van der Waals surface area contributed by atoms with Crippen LogP contribution in [0.2, 0.25) is 0 Å². The Morgan fingerprint density at radius 2 is 1.70 bits per heavy atom. The second-order valence-electron chi connectivity index (χ2n) is 8.86. The minimum Gasteiger partial charge on any atom is -0.357 e. The predicted molar refractivity (Wildman–Crippen MR) is 119 cm³/mol. The van der Waals surface area contributed by atoms with Crippen LogP contribution < -0.4 is 10.6 Å². The summed E-state index contributed by atoms with van der Waals surface area (Å²) in [6.45, 7) is 11.3. The van der Waals surface area contributed by atoms with Crippen molar-refractivity contribution in [1.82, 2.24) is 25.3 Å². The second kappa shape index (κ2) is 11.5. The lowest BCUT2D eigenvalue weighted by molar-refractivity contribution is -0.135. The highest BCUT2D eigenvalue weighted by Gasteiger charge is 2.31. The molecule has 1 saturated carbocycles. The molecule has 8 nitrogen and oxygen atoms in total. The Morgan fingerprint density at radius 1 is 0.967 bits per heavy atom. The fraction of sp³-hybridized carbons (Fsp3) is 0.864. The maximum Gasteiger partial charge on any atom is 0.225 e. The molecule has 2 N–H and O–H groups in total. The van der Waals surface area contributed by atoms with E-state index in [4.69, 9.17) is 4.99 Å². The van der Waals surface area contributed by atoms with Gasteiger partial charge in [-0.3, -0.25) is 19.5 Å². The first-order chi connectivity index (χ1) is 14.6. The van der Waals surface area contributed by atoms with Crippen LogP contribution in [0.1, 0.15) is 52.4 Å². The van der Waals surface area contributed by atoms with Gasteiger partial charge in [0.15, 0.2) is 5.96 Å². The zero-order valence-electron chi connectivity index (χ0n) is 18.9. The molecule has 0 aromatic carbocycles. The number of nitrogens with one attached hydrogen (secondary N) is 2. The number of piperazine rings is 1. The lowest BCUT2D eigenvalue weighted by atomic mass is 9.88. The Bertz CT molecular complexity index is 596. The fourth-order valence-electron chi connectivity index (χ4n) is 4.79. The number of likely N-dealkylation sites (tertiary alicyclic amines) is 1. The lowest BCUT2D eigenvalue weighted by Crippen LogP contribution is -2.49. The standard InChI is InChI=1S/C22H40N6O2/c1-3-23-22(24-10-12-26-13-15-27(16-14-26)18(2)29)25-20-9-11-28(17-20)21(30)19-7-5-4-6-8-19/h19-20H,3-17H2,1-2H3,(H2,23,24,25). The van der Waals surface area contributed by atoms with E-state index in [2.05, 4.69) is 27.4 Å². The van der Waals surface area contributed by atoms with E-state index in [1.54, 1.807) is 6.92 Å². The number of guanidine groups is 1. The van der Waals surface area contributed by atoms with E-state index >= 15 is 0 Å². The van der Waals surface area contributed by atoms with E-state index in [1.165, 1.54) is 19.3 Å². The summed E-state index contributed by atoms with van der Waals surface area (Å²) in [7, 11) is 0. The fourth-order valence-corrected chi connectivity index (χ4v) is 4.79. The zero-order chi connectivity index (χ0) is 21.3. The Balaban J connectivity index is 1.41. The van der Waals surface area contributed by atoms with Gasteiger partial charge in [0.1, 0.15) is 0 Å². The van der Waals surface area contributed by atoms with Crippen molar-refractivity contribution in [2.75, 3.05) is 58.9 Å². The molecule has 0 spiro atoms. The number of hydrogen-bond acceptors (Lipinski definition) is 4. The van der Waals surface area contributed by atoms with Crippen LogP contribution in [-0.2, 0) is 9.59 Å². The molecular formula is C22H40N6O2. The molecule has 0 bridgehead atoms. The third-order valence-electron chi connectivity index (χ3n) is 6.64. The highest BCUT2D eigenvalue weighted by Crippen LogP contribution is 2.26. The quantitative estimate of drug-likeness (QED) is 0.493. The Kier molecular flexibility index (Phi) is 8.78. The largest absolute Gasteiger partial charge is 0.357 e. The monoisotopic (exact) mass is 420 g/mol. The summed E-state index contributed by atoms with van der Waals surface area (Å²) < 4.78 is 0. The highest BCUT2D eigenvalue weighted by molar-refractivity contribution is 5.81. The van der Waals surface area contributed by atoms with E-state index < -0.39 is 0 Å². The summed E-state index contributed by atoms with van der Waals surface area (Å²) in [6.07, 6.45) is 6.80. The van der Waals surface area contributed by atoms with Gasteiger partial charge in [-0.15, -0.1) is 0 Å². The predicted octanol–water partition coefficient (Wildman–Crippen LogP) is 0.887. The maximum absolute atomic E-state index is 12.8. The van der Waals surface area contributed by atoms with Crippen molar-refractivity contribution in [3.63, 3.8) is 0 Å². The van der Waals surface area contributed by atoms with Crippen LogP contribution in [0.4, 0.5) is 0 Å². The summed E-state index contributed by atoms with van der Waals surface area (Å²) in [4.78, 5) is 35.3. The molecule has 1 aliphatic carbocycles. The van der Waals surface area contributed by atoms with E-state index in [0.717, 1.165) is 84.1 Å². The van der Waals surface area contributed by atoms with E-state index in [1.807, 2.05) is 4.90 Å². The van der Waals surface area contributed by atoms with Crippen molar-refractivity contribution < 1.29 is 9.59 Å². The van der Waals surface area contributed by atoms with Gasteiger partial charge in [0, 0.05) is 71.2 Å². The molecule has 0 aromatic rings. The van der Waals surface area contributed by atoms with Gasteiger partial charge in [-0.1, -0.05) is 19.3 Å². The van der Waals surface area contributed by atoms with Gasteiger partial charge in [0.25, 0.3) is 0 Å². The molecule has 30 heavy (non-hydrogen) atoms. The summed E-state index contributed by atoms with van der Waals surface area (Å²) in [5.74, 6) is 1.63. The number of rotatable bonds is 6. The molecule has 2 heterocycles. The van der Waals surface area contributed by atoms with Gasteiger partial charge >= 0.3 is 0 Å². The Hall–Kier alpha value is -1.83. The van der Waals surface area contributed by atoms with Crippen molar-refractivity contribution in [3.05, 3.63) is 0 Å². The van der Waals surface area contributed by atoms with Gasteiger partial charge in [-0.2, -0.15) is 0 Å². The van der Waals surface area contributed by atoms with Crippen LogP contribution in [-0.4, -0.2) is 97.4 Å². The maximum atomic E-state index is 12.8. The summed E-state index contributed by atoms with van der Waals surface area (Å²) in [5.41, 5.74) is 0. The molecular weight excluding hydrogens is 380 g/mol. The van der Waals surface area contributed by atoms with Crippen molar-refractivity contribution in [1.29, 1.82) is 0 Å². The van der Waals surface area contributed by atoms with Crippen molar-refractivity contribution in [2.24, 2.45) is 10.9 Å². The Labute approximate surface area is 181 Å².